The van der Waals surface area contributed by atoms with Gasteiger partial charge in [0.25, 0.3) is 0 Å². The highest BCUT2D eigenvalue weighted by Gasteiger charge is 2.53. The minimum atomic E-state index is -1.63. The molecule has 0 spiro atoms. The third-order valence-electron chi connectivity index (χ3n) is 14.0. The Morgan fingerprint density at radius 2 is 0.508 bits per heavy atom. The van der Waals surface area contributed by atoms with Gasteiger partial charge in [0.05, 0.1) is 5.54 Å². The maximum Gasteiger partial charge on any atom is 0.332 e. The fourth-order valence-corrected chi connectivity index (χ4v) is 5.59. The molecule has 0 radical (unpaired) electrons. The first-order valence-electron chi connectivity index (χ1n) is 22.0. The molecule has 8 N–H and O–H groups in total. The molecule has 0 aliphatic heterocycles. The first-order chi connectivity index (χ1) is 27.0. The average molecular weight is 866 g/mol. The number of nitrogens with one attached hydrogen (secondary N) is 6. The van der Waals surface area contributed by atoms with Crippen molar-refractivity contribution < 1.29 is 38.3 Å². The van der Waals surface area contributed by atoms with Gasteiger partial charge in [0.1, 0.15) is 38.8 Å². The number of ether oxygens (including phenoxy) is 1. The maximum atomic E-state index is 14.6. The topological polar surface area (TPSA) is 227 Å². The largest absolute Gasteiger partial charge is 0.458 e. The summed E-state index contributed by atoms with van der Waals surface area (Å²) in [6.45, 7) is 41.0. The van der Waals surface area contributed by atoms with Crippen molar-refractivity contribution in [2.24, 2.45) is 47.2 Å². The van der Waals surface area contributed by atoms with Crippen molar-refractivity contribution in [1.29, 1.82) is 0 Å². The lowest BCUT2D eigenvalue weighted by atomic mass is 9.79. The van der Waals surface area contributed by atoms with Crippen LogP contribution in [0, 0.1) is 41.4 Å². The summed E-state index contributed by atoms with van der Waals surface area (Å²) in [5.74, 6) is -7.46. The molecule has 15 heteroatoms. The standard InChI is InChI=1S/C46H87N7O8/c1-25(2)40(18,47)32(54)48-41(19,26(3)4)33(55)49-42(20,27(5)6)34(56)50-43(21,28(7)8)35(57)51-44(22,29(9)10)36(58)52-45(23,30(11)12)37(59)53-46(24,31(13)14)38(60)61-39(15,16)17/h25-31H,47H2,1-24H3,(H,48,54)(H,49,55)(H,50,56)(H,51,57)(H,52,58)(H,53,59)/t40-,41-,42-,43-,44-,45-,46-/m0/s1. The second-order valence-electron chi connectivity index (χ2n) is 21.8. The first-order valence-corrected chi connectivity index (χ1v) is 22.0. The molecular formula is C46H87N7O8. The summed E-state index contributed by atoms with van der Waals surface area (Å²) in [6, 6.07) is 0. The van der Waals surface area contributed by atoms with E-state index in [1.54, 1.807) is 152 Å². The molecule has 0 saturated heterocycles. The van der Waals surface area contributed by atoms with E-state index in [0.717, 1.165) is 0 Å². The van der Waals surface area contributed by atoms with Gasteiger partial charge in [0, 0.05) is 0 Å². The Balaban J connectivity index is 6.93. The number of hydrogen-bond donors (Lipinski definition) is 7. The summed E-state index contributed by atoms with van der Waals surface area (Å²) in [4.78, 5) is 99.0. The van der Waals surface area contributed by atoms with E-state index in [-0.39, 0.29) is 11.8 Å². The molecule has 0 bridgehead atoms. The number of amides is 6. The average Bonchev–Trinajstić information content (AvgIpc) is 3.09. The van der Waals surface area contributed by atoms with Crippen LogP contribution in [-0.2, 0) is 38.3 Å². The van der Waals surface area contributed by atoms with Crippen LogP contribution in [0.2, 0.25) is 0 Å². The van der Waals surface area contributed by atoms with E-state index in [0.29, 0.717) is 0 Å². The van der Waals surface area contributed by atoms with E-state index >= 15 is 0 Å². The number of rotatable bonds is 20. The highest BCUT2D eigenvalue weighted by molar-refractivity contribution is 6.02. The monoisotopic (exact) mass is 866 g/mol. The van der Waals surface area contributed by atoms with Crippen LogP contribution in [0.25, 0.3) is 0 Å². The van der Waals surface area contributed by atoms with Gasteiger partial charge in [-0.2, -0.15) is 0 Å². The van der Waals surface area contributed by atoms with Gasteiger partial charge >= 0.3 is 5.97 Å². The molecule has 0 aliphatic rings. The van der Waals surface area contributed by atoms with E-state index in [2.05, 4.69) is 31.9 Å². The summed E-state index contributed by atoms with van der Waals surface area (Å²) >= 11 is 0. The van der Waals surface area contributed by atoms with Crippen LogP contribution in [0.15, 0.2) is 0 Å². The zero-order valence-electron chi connectivity index (χ0n) is 42.4. The fraction of sp³-hybridized carbons (Fsp3) is 0.848. The highest BCUT2D eigenvalue weighted by Crippen LogP contribution is 2.30. The molecule has 0 heterocycles. The van der Waals surface area contributed by atoms with E-state index < -0.39 is 115 Å². The van der Waals surface area contributed by atoms with E-state index in [1.165, 1.54) is 0 Å². The Kier molecular flexibility index (Phi) is 18.5. The van der Waals surface area contributed by atoms with Crippen molar-refractivity contribution in [2.75, 3.05) is 0 Å². The SMILES string of the molecule is CC(C)[C@](C)(N)C(=O)N[C@](C)(C(=O)N[C@](C)(C(=O)N[C@](C)(C(=O)N[C@](C)(C(=O)N[C@](C)(C(=O)N[C@](C)(C(=O)OC(C)(C)C)C(C)C)C(C)C)C(C)C)C(C)C)C(C)C)C(C)C. The van der Waals surface area contributed by atoms with Gasteiger partial charge in [-0.1, -0.05) is 96.9 Å². The smallest absolute Gasteiger partial charge is 0.332 e. The van der Waals surface area contributed by atoms with Crippen molar-refractivity contribution in [1.82, 2.24) is 31.9 Å². The quantitative estimate of drug-likeness (QED) is 0.0827. The highest BCUT2D eigenvalue weighted by atomic mass is 16.6. The predicted molar refractivity (Wildman–Crippen MR) is 242 cm³/mol. The Morgan fingerprint density at radius 1 is 0.328 bits per heavy atom. The molecule has 0 rings (SSSR count). The Morgan fingerprint density at radius 3 is 0.672 bits per heavy atom. The molecule has 15 nitrogen and oxygen atoms in total. The molecule has 0 saturated carbocycles. The maximum absolute atomic E-state index is 14.6. The van der Waals surface area contributed by atoms with E-state index in [1.807, 2.05) is 13.8 Å². The van der Waals surface area contributed by atoms with Gasteiger partial charge in [0.2, 0.25) is 35.4 Å². The number of esters is 1. The zero-order chi connectivity index (χ0) is 49.0. The minimum absolute atomic E-state index is 0.238. The summed E-state index contributed by atoms with van der Waals surface area (Å²) in [6.07, 6.45) is 0. The number of hydrogen-bond acceptors (Lipinski definition) is 9. The lowest BCUT2D eigenvalue weighted by molar-refractivity contribution is -0.167. The second-order valence-corrected chi connectivity index (χ2v) is 21.8. The first kappa shape index (κ1) is 57.2. The molecule has 0 fully saturated rings. The van der Waals surface area contributed by atoms with Gasteiger partial charge in [-0.3, -0.25) is 28.8 Å². The Labute approximate surface area is 368 Å². The lowest BCUT2D eigenvalue weighted by Crippen LogP contribution is -2.74. The third-order valence-corrected chi connectivity index (χ3v) is 14.0. The summed E-state index contributed by atoms with van der Waals surface area (Å²) in [7, 11) is 0. The molecule has 0 aromatic rings. The van der Waals surface area contributed by atoms with Crippen LogP contribution in [0.4, 0.5) is 0 Å². The Bertz CT molecular complexity index is 1630. The summed E-state index contributed by atoms with van der Waals surface area (Å²) < 4.78 is 5.68. The molecular weight excluding hydrogens is 779 g/mol. The van der Waals surface area contributed by atoms with Crippen LogP contribution in [0.1, 0.15) is 166 Å². The van der Waals surface area contributed by atoms with Crippen molar-refractivity contribution in [2.45, 2.75) is 211 Å². The summed E-state index contributed by atoms with van der Waals surface area (Å²) in [5.41, 5.74) is -5.07. The molecule has 6 amide bonds. The zero-order valence-corrected chi connectivity index (χ0v) is 42.4. The molecule has 0 unspecified atom stereocenters. The van der Waals surface area contributed by atoms with Crippen LogP contribution >= 0.6 is 0 Å². The van der Waals surface area contributed by atoms with Crippen molar-refractivity contribution in [3.8, 4) is 0 Å². The van der Waals surface area contributed by atoms with Crippen LogP contribution in [0.5, 0.6) is 0 Å². The van der Waals surface area contributed by atoms with Crippen molar-refractivity contribution >= 4 is 41.4 Å². The van der Waals surface area contributed by atoms with Crippen LogP contribution < -0.4 is 37.6 Å². The van der Waals surface area contributed by atoms with E-state index in [4.69, 9.17) is 10.5 Å². The molecule has 7 atom stereocenters. The van der Waals surface area contributed by atoms with Crippen LogP contribution in [-0.4, -0.2) is 85.8 Å². The van der Waals surface area contributed by atoms with Gasteiger partial charge in [-0.05, 0) is 111 Å². The second kappa shape index (κ2) is 19.7. The van der Waals surface area contributed by atoms with E-state index in [9.17, 15) is 33.6 Å². The number of carbonyl (C=O) groups is 7. The molecule has 61 heavy (non-hydrogen) atoms. The van der Waals surface area contributed by atoms with Gasteiger partial charge in [-0.25, -0.2) is 4.79 Å². The fourth-order valence-electron chi connectivity index (χ4n) is 5.59. The minimum Gasteiger partial charge on any atom is -0.458 e. The number of carbonyl (C=O) groups excluding carboxylic acids is 7. The normalized spacial score (nSPS) is 19.3. The predicted octanol–water partition coefficient (Wildman–Crippen LogP) is 4.89. The van der Waals surface area contributed by atoms with Crippen molar-refractivity contribution in [3.63, 3.8) is 0 Å². The van der Waals surface area contributed by atoms with Crippen molar-refractivity contribution in [3.05, 3.63) is 0 Å². The van der Waals surface area contributed by atoms with Gasteiger partial charge < -0.3 is 42.4 Å². The number of nitrogens with two attached hydrogens (primary N) is 1. The molecule has 0 aromatic carbocycles. The van der Waals surface area contributed by atoms with Crippen LogP contribution in [0.3, 0.4) is 0 Å². The summed E-state index contributed by atoms with van der Waals surface area (Å²) in [5, 5.41) is 17.4. The van der Waals surface area contributed by atoms with Gasteiger partial charge in [-0.15, -0.1) is 0 Å². The molecule has 0 aromatic heterocycles. The third kappa shape index (κ3) is 12.5. The molecule has 354 valence electrons. The molecule has 0 aliphatic carbocycles. The Hall–Kier alpha value is -3.75. The van der Waals surface area contributed by atoms with Gasteiger partial charge in [0.15, 0.2) is 0 Å². The lowest BCUT2D eigenvalue weighted by Gasteiger charge is -2.45.